The van der Waals surface area contributed by atoms with Crippen LogP contribution in [0.4, 0.5) is 5.69 Å². The van der Waals surface area contributed by atoms with Gasteiger partial charge in [-0.1, -0.05) is 24.6 Å². The number of carbonyl (C=O) groups is 2. The van der Waals surface area contributed by atoms with Gasteiger partial charge in [-0.25, -0.2) is 13.2 Å². The van der Waals surface area contributed by atoms with Crippen molar-refractivity contribution in [3.8, 4) is 0 Å². The van der Waals surface area contributed by atoms with Crippen LogP contribution in [0.25, 0.3) is 0 Å². The van der Waals surface area contributed by atoms with E-state index < -0.39 is 22.6 Å². The van der Waals surface area contributed by atoms with Crippen molar-refractivity contribution in [2.45, 2.75) is 31.1 Å². The second kappa shape index (κ2) is 9.86. The summed E-state index contributed by atoms with van der Waals surface area (Å²) in [5.41, 5.74) is 0.927. The van der Waals surface area contributed by atoms with Crippen LogP contribution < -0.4 is 4.90 Å². The zero-order valence-corrected chi connectivity index (χ0v) is 17.8. The number of likely N-dealkylation sites (N-methyl/N-ethyl adjacent to an activating group) is 1. The van der Waals surface area contributed by atoms with Gasteiger partial charge >= 0.3 is 5.97 Å². The summed E-state index contributed by atoms with van der Waals surface area (Å²) in [6.45, 7) is 2.93. The van der Waals surface area contributed by atoms with Crippen LogP contribution in [0.5, 0.6) is 0 Å². The Hall–Kier alpha value is -2.71. The lowest BCUT2D eigenvalue weighted by Crippen LogP contribution is -2.35. The smallest absolute Gasteiger partial charge is 0.338 e. The van der Waals surface area contributed by atoms with Crippen LogP contribution in [-0.4, -0.2) is 50.8 Å². The molecule has 1 heterocycles. The minimum absolute atomic E-state index is 0.151. The quantitative estimate of drug-likeness (QED) is 0.631. The van der Waals surface area contributed by atoms with E-state index in [1.54, 1.807) is 0 Å². The van der Waals surface area contributed by atoms with Crippen molar-refractivity contribution in [1.82, 2.24) is 4.31 Å². The zero-order chi connectivity index (χ0) is 21.6. The fourth-order valence-electron chi connectivity index (χ4n) is 3.42. The Morgan fingerprint density at radius 3 is 2.20 bits per heavy atom. The molecule has 0 radical (unpaired) electrons. The molecule has 8 heteroatoms. The number of hydrogen-bond donors (Lipinski definition) is 0. The normalized spacial score (nSPS) is 14.8. The summed E-state index contributed by atoms with van der Waals surface area (Å²) in [5.74, 6) is -1.00. The molecule has 0 saturated carbocycles. The Morgan fingerprint density at radius 1 is 0.967 bits per heavy atom. The Bertz CT molecular complexity index is 968. The predicted molar refractivity (Wildman–Crippen MR) is 114 cm³/mol. The second-order valence-corrected chi connectivity index (χ2v) is 8.98. The van der Waals surface area contributed by atoms with Crippen molar-refractivity contribution < 1.29 is 22.7 Å². The van der Waals surface area contributed by atoms with Crippen molar-refractivity contribution >= 4 is 27.6 Å². The molecule has 7 nitrogen and oxygen atoms in total. The van der Waals surface area contributed by atoms with Crippen LogP contribution >= 0.6 is 0 Å². The van der Waals surface area contributed by atoms with Crippen LogP contribution in [0.15, 0.2) is 59.5 Å². The standard InChI is InChI=1S/C22H26N2O5S/c1-2-24(19-9-5-3-6-10-19)21(25)17-29-22(26)18-11-13-20(14-12-18)30(27,28)23-15-7-4-8-16-23/h3,5-6,9-14H,2,4,7-8,15-17H2,1H3. The molecule has 3 rings (SSSR count). The Balaban J connectivity index is 1.61. The Morgan fingerprint density at radius 2 is 1.60 bits per heavy atom. The van der Waals surface area contributed by atoms with E-state index in [0.717, 1.165) is 24.9 Å². The summed E-state index contributed by atoms with van der Waals surface area (Å²) in [5, 5.41) is 0. The molecule has 1 amide bonds. The van der Waals surface area contributed by atoms with E-state index in [4.69, 9.17) is 4.74 Å². The van der Waals surface area contributed by atoms with Gasteiger partial charge in [0.1, 0.15) is 0 Å². The summed E-state index contributed by atoms with van der Waals surface area (Å²) < 4.78 is 32.0. The van der Waals surface area contributed by atoms with Crippen molar-refractivity contribution in [3.05, 3.63) is 60.2 Å². The van der Waals surface area contributed by atoms with Gasteiger partial charge in [0.2, 0.25) is 10.0 Å². The average Bonchev–Trinajstić information content (AvgIpc) is 2.79. The number of benzene rings is 2. The number of sulfonamides is 1. The minimum Gasteiger partial charge on any atom is -0.452 e. The van der Waals surface area contributed by atoms with Crippen molar-refractivity contribution in [2.24, 2.45) is 0 Å². The van der Waals surface area contributed by atoms with Crippen LogP contribution in [0.1, 0.15) is 36.5 Å². The van der Waals surface area contributed by atoms with E-state index in [-0.39, 0.29) is 16.4 Å². The van der Waals surface area contributed by atoms with Crippen molar-refractivity contribution in [2.75, 3.05) is 31.1 Å². The lowest BCUT2D eigenvalue weighted by molar-refractivity contribution is -0.121. The number of hydrogen-bond acceptors (Lipinski definition) is 5. The molecule has 0 aliphatic carbocycles. The van der Waals surface area contributed by atoms with Gasteiger partial charge in [-0.05, 0) is 56.2 Å². The molecule has 2 aromatic rings. The number of esters is 1. The summed E-state index contributed by atoms with van der Waals surface area (Å²) in [6, 6.07) is 14.8. The van der Waals surface area contributed by atoms with Gasteiger partial charge in [-0.15, -0.1) is 0 Å². The number of nitrogens with zero attached hydrogens (tertiary/aromatic N) is 2. The maximum Gasteiger partial charge on any atom is 0.338 e. The van der Waals surface area contributed by atoms with Crippen LogP contribution in [-0.2, 0) is 19.6 Å². The van der Waals surface area contributed by atoms with Gasteiger partial charge in [0.25, 0.3) is 5.91 Å². The summed E-state index contributed by atoms with van der Waals surface area (Å²) in [6.07, 6.45) is 2.75. The maximum atomic E-state index is 12.7. The average molecular weight is 431 g/mol. The third-order valence-electron chi connectivity index (χ3n) is 5.05. The highest BCUT2D eigenvalue weighted by molar-refractivity contribution is 7.89. The van der Waals surface area contributed by atoms with Gasteiger partial charge in [0, 0.05) is 25.3 Å². The van der Waals surface area contributed by atoms with E-state index in [2.05, 4.69) is 0 Å². The van der Waals surface area contributed by atoms with Crippen molar-refractivity contribution in [1.29, 1.82) is 0 Å². The van der Waals surface area contributed by atoms with E-state index in [1.165, 1.54) is 33.5 Å². The van der Waals surface area contributed by atoms with Gasteiger partial charge in [0.15, 0.2) is 6.61 Å². The lowest BCUT2D eigenvalue weighted by atomic mass is 10.2. The third kappa shape index (κ3) is 5.06. The number of carbonyl (C=O) groups excluding carboxylic acids is 2. The Kier molecular flexibility index (Phi) is 7.23. The number of anilines is 1. The number of piperidine rings is 1. The monoisotopic (exact) mass is 430 g/mol. The van der Waals surface area contributed by atoms with Crippen LogP contribution in [0, 0.1) is 0 Å². The highest BCUT2D eigenvalue weighted by atomic mass is 32.2. The predicted octanol–water partition coefficient (Wildman–Crippen LogP) is 3.07. The first-order valence-corrected chi connectivity index (χ1v) is 11.5. The number of para-hydroxylation sites is 1. The second-order valence-electron chi connectivity index (χ2n) is 7.04. The molecule has 1 aliphatic rings. The summed E-state index contributed by atoms with van der Waals surface area (Å²) in [7, 11) is -3.56. The first-order valence-electron chi connectivity index (χ1n) is 10.1. The first kappa shape index (κ1) is 22.0. The van der Waals surface area contributed by atoms with E-state index in [9.17, 15) is 18.0 Å². The van der Waals surface area contributed by atoms with Gasteiger partial charge in [0.05, 0.1) is 10.5 Å². The van der Waals surface area contributed by atoms with Gasteiger partial charge < -0.3 is 9.64 Å². The highest BCUT2D eigenvalue weighted by Gasteiger charge is 2.26. The largest absolute Gasteiger partial charge is 0.452 e. The SMILES string of the molecule is CCN(C(=O)COC(=O)c1ccc(S(=O)(=O)N2CCCCC2)cc1)c1ccccc1. The van der Waals surface area contributed by atoms with E-state index in [1.807, 2.05) is 37.3 Å². The van der Waals surface area contributed by atoms with Gasteiger partial charge in [-0.3, -0.25) is 4.79 Å². The molecule has 0 atom stereocenters. The summed E-state index contributed by atoms with van der Waals surface area (Å²) in [4.78, 5) is 26.4. The van der Waals surface area contributed by atoms with E-state index >= 15 is 0 Å². The molecule has 0 unspecified atom stereocenters. The molecule has 0 aromatic heterocycles. The molecule has 0 N–H and O–H groups in total. The van der Waals surface area contributed by atoms with Crippen molar-refractivity contribution in [3.63, 3.8) is 0 Å². The minimum atomic E-state index is -3.56. The highest BCUT2D eigenvalue weighted by Crippen LogP contribution is 2.21. The first-order chi connectivity index (χ1) is 14.4. The molecule has 160 valence electrons. The number of amides is 1. The third-order valence-corrected chi connectivity index (χ3v) is 6.97. The zero-order valence-electron chi connectivity index (χ0n) is 17.0. The molecule has 1 aliphatic heterocycles. The maximum absolute atomic E-state index is 12.7. The molecule has 1 fully saturated rings. The summed E-state index contributed by atoms with van der Waals surface area (Å²) >= 11 is 0. The van der Waals surface area contributed by atoms with Crippen LogP contribution in [0.2, 0.25) is 0 Å². The molecular formula is C22H26N2O5S. The van der Waals surface area contributed by atoms with Gasteiger partial charge in [-0.2, -0.15) is 4.31 Å². The molecule has 0 bridgehead atoms. The fourth-order valence-corrected chi connectivity index (χ4v) is 4.93. The van der Waals surface area contributed by atoms with Crippen LogP contribution in [0.3, 0.4) is 0 Å². The topological polar surface area (TPSA) is 84.0 Å². The molecule has 0 spiro atoms. The molecular weight excluding hydrogens is 404 g/mol. The molecule has 2 aromatic carbocycles. The lowest BCUT2D eigenvalue weighted by Gasteiger charge is -2.25. The Labute approximate surface area is 177 Å². The number of ether oxygens (including phenoxy) is 1. The number of rotatable bonds is 7. The fraction of sp³-hybridized carbons (Fsp3) is 0.364. The van der Waals surface area contributed by atoms with E-state index in [0.29, 0.717) is 19.6 Å². The molecule has 1 saturated heterocycles. The molecule has 30 heavy (non-hydrogen) atoms.